The molecular formula is C15H20N4O3S. The van der Waals surface area contributed by atoms with Crippen LogP contribution in [-0.2, 0) is 9.53 Å². The highest BCUT2D eigenvalue weighted by Crippen LogP contribution is 2.16. The van der Waals surface area contributed by atoms with Gasteiger partial charge in [-0.3, -0.25) is 15.2 Å². The van der Waals surface area contributed by atoms with Gasteiger partial charge in [0.15, 0.2) is 11.7 Å². The predicted octanol–water partition coefficient (Wildman–Crippen LogP) is 0.811. The van der Waals surface area contributed by atoms with Crippen molar-refractivity contribution in [3.05, 3.63) is 29.8 Å². The normalized spacial score (nSPS) is 9.61. The molecule has 0 aliphatic rings. The highest BCUT2D eigenvalue weighted by Gasteiger charge is 2.10. The van der Waals surface area contributed by atoms with Crippen molar-refractivity contribution in [3.63, 3.8) is 0 Å². The molecule has 0 fully saturated rings. The first kappa shape index (κ1) is 18.7. The molecule has 2 N–H and O–H groups in total. The summed E-state index contributed by atoms with van der Waals surface area (Å²) in [5, 5.41) is 13.7. The van der Waals surface area contributed by atoms with E-state index in [1.807, 2.05) is 6.07 Å². The number of nitrogens with one attached hydrogen (secondary N) is 2. The van der Waals surface area contributed by atoms with Crippen molar-refractivity contribution in [1.82, 2.24) is 15.8 Å². The van der Waals surface area contributed by atoms with E-state index in [9.17, 15) is 4.79 Å². The molecule has 0 spiro atoms. The second-order valence-electron chi connectivity index (χ2n) is 4.57. The molecule has 1 aromatic rings. The lowest BCUT2D eigenvalue weighted by atomic mass is 10.2. The molecule has 0 aromatic heterocycles. The number of hydrogen-bond donors (Lipinski definition) is 2. The number of carbonyl (C=O) groups excluding carboxylic acids is 1. The molecular weight excluding hydrogens is 316 g/mol. The first-order valence-electron chi connectivity index (χ1n) is 7.00. The Morgan fingerprint density at radius 1 is 1.43 bits per heavy atom. The maximum absolute atomic E-state index is 11.8. The molecule has 0 heterocycles. The second kappa shape index (κ2) is 10.4. The van der Waals surface area contributed by atoms with Gasteiger partial charge in [-0.05, 0) is 30.8 Å². The molecule has 0 unspecified atom stereocenters. The zero-order chi connectivity index (χ0) is 17.1. The van der Waals surface area contributed by atoms with Crippen molar-refractivity contribution in [2.75, 3.05) is 33.9 Å². The van der Waals surface area contributed by atoms with E-state index >= 15 is 0 Å². The zero-order valence-electron chi connectivity index (χ0n) is 13.2. The number of nitriles is 1. The summed E-state index contributed by atoms with van der Waals surface area (Å²) < 4.78 is 10.3. The predicted molar refractivity (Wildman–Crippen MR) is 89.7 cm³/mol. The van der Waals surface area contributed by atoms with E-state index in [2.05, 4.69) is 10.7 Å². The molecule has 0 bridgehead atoms. The van der Waals surface area contributed by atoms with E-state index in [-0.39, 0.29) is 12.5 Å². The largest absolute Gasteiger partial charge is 0.482 e. The number of rotatable bonds is 7. The van der Waals surface area contributed by atoms with Crippen LogP contribution in [0.15, 0.2) is 24.3 Å². The van der Waals surface area contributed by atoms with Crippen LogP contribution < -0.4 is 15.5 Å². The number of hydrogen-bond acceptors (Lipinski definition) is 5. The van der Waals surface area contributed by atoms with Crippen LogP contribution in [0.5, 0.6) is 5.75 Å². The molecule has 0 saturated carbocycles. The third-order valence-electron chi connectivity index (χ3n) is 2.76. The summed E-state index contributed by atoms with van der Waals surface area (Å²) in [6.45, 7) is 1.08. The Hall–Kier alpha value is -2.37. The topological polar surface area (TPSA) is 86.6 Å². The fourth-order valence-electron chi connectivity index (χ4n) is 1.63. The Balaban J connectivity index is 2.35. The smallest absolute Gasteiger partial charge is 0.276 e. The molecule has 0 aliphatic carbocycles. The third-order valence-corrected chi connectivity index (χ3v) is 3.18. The van der Waals surface area contributed by atoms with Crippen molar-refractivity contribution in [3.8, 4) is 11.8 Å². The Morgan fingerprint density at radius 3 is 2.87 bits per heavy atom. The minimum Gasteiger partial charge on any atom is -0.482 e. The van der Waals surface area contributed by atoms with Crippen LogP contribution in [0.3, 0.4) is 0 Å². The molecule has 124 valence electrons. The van der Waals surface area contributed by atoms with Crippen LogP contribution in [0, 0.1) is 11.3 Å². The Bertz CT molecular complexity index is 574. The monoisotopic (exact) mass is 336 g/mol. The molecule has 0 atom stereocenters. The number of benzene rings is 1. The molecule has 1 amide bonds. The maximum atomic E-state index is 11.8. The molecule has 1 rings (SSSR count). The van der Waals surface area contributed by atoms with Gasteiger partial charge in [0.2, 0.25) is 0 Å². The zero-order valence-corrected chi connectivity index (χ0v) is 14.0. The number of ether oxygens (including phenoxy) is 2. The van der Waals surface area contributed by atoms with Crippen molar-refractivity contribution in [2.45, 2.75) is 6.42 Å². The van der Waals surface area contributed by atoms with Crippen LogP contribution >= 0.6 is 12.2 Å². The van der Waals surface area contributed by atoms with Gasteiger partial charge in [-0.15, -0.1) is 0 Å². The van der Waals surface area contributed by atoms with Crippen LogP contribution in [0.2, 0.25) is 0 Å². The van der Waals surface area contributed by atoms with Crippen molar-refractivity contribution < 1.29 is 14.3 Å². The van der Waals surface area contributed by atoms with E-state index in [1.165, 1.54) is 5.01 Å². The minimum atomic E-state index is -0.374. The van der Waals surface area contributed by atoms with Crippen LogP contribution in [0.4, 0.5) is 0 Å². The number of amides is 1. The standard InChI is InChI=1S/C15H20N4O3S/c1-19(15(23)17-8-5-9-21-2)18-14(20)11-22-13-7-4-3-6-12(13)10-16/h3-4,6-7H,5,8-9,11H2,1-2H3,(H,17,23)(H,18,20). The third kappa shape index (κ3) is 6.95. The summed E-state index contributed by atoms with van der Waals surface area (Å²) >= 11 is 5.14. The molecule has 23 heavy (non-hydrogen) atoms. The first-order chi connectivity index (χ1) is 11.1. The van der Waals surface area contributed by atoms with E-state index in [0.29, 0.717) is 29.6 Å². The van der Waals surface area contributed by atoms with Gasteiger partial charge < -0.3 is 14.8 Å². The summed E-state index contributed by atoms with van der Waals surface area (Å²) in [4.78, 5) is 11.8. The SMILES string of the molecule is COCCCNC(=S)N(C)NC(=O)COc1ccccc1C#N. The van der Waals surface area contributed by atoms with Gasteiger partial charge in [0, 0.05) is 27.3 Å². The highest BCUT2D eigenvalue weighted by atomic mass is 32.1. The summed E-state index contributed by atoms with van der Waals surface area (Å²) in [5.41, 5.74) is 2.96. The van der Waals surface area contributed by atoms with E-state index in [0.717, 1.165) is 6.42 Å². The maximum Gasteiger partial charge on any atom is 0.276 e. The van der Waals surface area contributed by atoms with Gasteiger partial charge >= 0.3 is 0 Å². The van der Waals surface area contributed by atoms with Gasteiger partial charge in [0.1, 0.15) is 11.8 Å². The van der Waals surface area contributed by atoms with Crippen molar-refractivity contribution in [1.29, 1.82) is 5.26 Å². The summed E-state index contributed by atoms with van der Waals surface area (Å²) in [6, 6.07) is 8.73. The summed E-state index contributed by atoms with van der Waals surface area (Å²) in [6.07, 6.45) is 0.812. The molecule has 0 saturated heterocycles. The number of hydrazine groups is 1. The molecule has 1 aromatic carbocycles. The number of methoxy groups -OCH3 is 1. The molecule has 8 heteroatoms. The Labute approximate surface area is 141 Å². The van der Waals surface area contributed by atoms with E-state index in [1.54, 1.807) is 38.4 Å². The Kier molecular flexibility index (Phi) is 8.42. The van der Waals surface area contributed by atoms with Crippen LogP contribution in [-0.4, -0.2) is 49.9 Å². The summed E-state index contributed by atoms with van der Waals surface area (Å²) in [5.74, 6) is -0.00523. The van der Waals surface area contributed by atoms with Gasteiger partial charge in [-0.25, -0.2) is 0 Å². The number of para-hydroxylation sites is 1. The van der Waals surface area contributed by atoms with Gasteiger partial charge in [0.25, 0.3) is 5.91 Å². The number of carbonyl (C=O) groups is 1. The fraction of sp³-hybridized carbons (Fsp3) is 0.400. The highest BCUT2D eigenvalue weighted by molar-refractivity contribution is 7.80. The first-order valence-corrected chi connectivity index (χ1v) is 7.41. The average Bonchev–Trinajstić information content (AvgIpc) is 2.56. The molecule has 0 radical (unpaired) electrons. The van der Waals surface area contributed by atoms with Gasteiger partial charge in [0.05, 0.1) is 5.56 Å². The number of thiocarbonyl (C=S) groups is 1. The Morgan fingerprint density at radius 2 is 2.17 bits per heavy atom. The van der Waals surface area contributed by atoms with Gasteiger partial charge in [-0.2, -0.15) is 5.26 Å². The van der Waals surface area contributed by atoms with E-state index < -0.39 is 0 Å². The molecule has 0 aliphatic heterocycles. The van der Waals surface area contributed by atoms with Crippen LogP contribution in [0.25, 0.3) is 0 Å². The lowest BCUT2D eigenvalue weighted by molar-refractivity contribution is -0.126. The van der Waals surface area contributed by atoms with Gasteiger partial charge in [-0.1, -0.05) is 12.1 Å². The van der Waals surface area contributed by atoms with E-state index in [4.69, 9.17) is 27.0 Å². The fourth-order valence-corrected chi connectivity index (χ4v) is 1.78. The van der Waals surface area contributed by atoms with Crippen molar-refractivity contribution in [2.24, 2.45) is 0 Å². The van der Waals surface area contributed by atoms with Crippen molar-refractivity contribution >= 4 is 23.2 Å². The second-order valence-corrected chi connectivity index (χ2v) is 4.96. The molecule has 7 nitrogen and oxygen atoms in total. The van der Waals surface area contributed by atoms with Crippen LogP contribution in [0.1, 0.15) is 12.0 Å². The average molecular weight is 336 g/mol. The number of nitrogens with zero attached hydrogens (tertiary/aromatic N) is 2. The summed E-state index contributed by atoms with van der Waals surface area (Å²) in [7, 11) is 3.27. The quantitative estimate of drug-likeness (QED) is 0.433. The lowest BCUT2D eigenvalue weighted by Crippen LogP contribution is -2.49. The minimum absolute atomic E-state index is 0.213. The lowest BCUT2D eigenvalue weighted by Gasteiger charge is -2.21.